The third kappa shape index (κ3) is 42.2. The average Bonchev–Trinajstić information content (AvgIpc) is 3.11. The summed E-state index contributed by atoms with van der Waals surface area (Å²) in [6.45, 7) is 5.63. The summed E-state index contributed by atoms with van der Waals surface area (Å²) in [6.07, 6.45) is 40.9. The molecule has 0 aromatic rings. The Morgan fingerprint density at radius 2 is 0.981 bits per heavy atom. The summed E-state index contributed by atoms with van der Waals surface area (Å²) < 4.78 is 35.0. The van der Waals surface area contributed by atoms with Crippen molar-refractivity contribution in [1.29, 1.82) is 0 Å². The van der Waals surface area contributed by atoms with Gasteiger partial charge in [0.1, 0.15) is 19.3 Å². The molecule has 9 heteroatoms. The monoisotopic (exact) mass is 775 g/mol. The van der Waals surface area contributed by atoms with Crippen LogP contribution in [0.4, 0.5) is 0 Å². The highest BCUT2D eigenvalue weighted by atomic mass is 31.2. The van der Waals surface area contributed by atoms with E-state index in [-0.39, 0.29) is 25.8 Å². The molecule has 0 aliphatic rings. The van der Waals surface area contributed by atoms with Gasteiger partial charge in [-0.25, -0.2) is 4.57 Å². The number of nitrogens with zero attached hydrogens (tertiary/aromatic N) is 1. The predicted octanol–water partition coefficient (Wildman–Crippen LogP) is 13.1. The number of ether oxygens (including phenoxy) is 2. The van der Waals surface area contributed by atoms with Gasteiger partial charge in [0.2, 0.25) is 0 Å². The van der Waals surface area contributed by atoms with Gasteiger partial charge in [0, 0.05) is 13.0 Å². The molecule has 0 aliphatic heterocycles. The van der Waals surface area contributed by atoms with E-state index in [0.29, 0.717) is 24.1 Å². The van der Waals surface area contributed by atoms with E-state index in [4.69, 9.17) is 18.5 Å². The smallest absolute Gasteiger partial charge is 0.457 e. The van der Waals surface area contributed by atoms with Crippen LogP contribution in [-0.4, -0.2) is 75.6 Å². The Morgan fingerprint density at radius 3 is 1.47 bits per heavy atom. The lowest BCUT2D eigenvalue weighted by Gasteiger charge is -2.24. The van der Waals surface area contributed by atoms with Crippen LogP contribution < -0.4 is 0 Å². The first-order valence-electron chi connectivity index (χ1n) is 22.4. The van der Waals surface area contributed by atoms with Gasteiger partial charge in [-0.15, -0.1) is 0 Å². The van der Waals surface area contributed by atoms with E-state index < -0.39 is 13.9 Å². The molecule has 316 valence electrons. The maximum absolute atomic E-state index is 12.7. The average molecular weight is 775 g/mol. The maximum Gasteiger partial charge on any atom is 0.472 e. The predicted molar refractivity (Wildman–Crippen MR) is 224 cm³/mol. The number of hydrogen-bond donors (Lipinski definition) is 1. The highest BCUT2D eigenvalue weighted by molar-refractivity contribution is 7.47. The minimum absolute atomic E-state index is 0.0906. The number of unbranched alkanes of at least 4 members (excludes halogenated alkanes) is 26. The Morgan fingerprint density at radius 1 is 0.566 bits per heavy atom. The zero-order valence-corrected chi connectivity index (χ0v) is 36.7. The molecule has 1 N–H and O–H groups in total. The van der Waals surface area contributed by atoms with Gasteiger partial charge in [-0.1, -0.05) is 174 Å². The van der Waals surface area contributed by atoms with Gasteiger partial charge in [0.15, 0.2) is 0 Å². The Hall–Kier alpha value is -0.760. The van der Waals surface area contributed by atoms with Crippen molar-refractivity contribution < 1.29 is 37.3 Å². The van der Waals surface area contributed by atoms with Crippen molar-refractivity contribution in [2.75, 3.05) is 54.1 Å². The van der Waals surface area contributed by atoms with E-state index in [1.807, 2.05) is 21.1 Å². The molecule has 2 atom stereocenters. The molecule has 0 saturated carbocycles. The van der Waals surface area contributed by atoms with Crippen molar-refractivity contribution in [3.8, 4) is 0 Å². The maximum atomic E-state index is 12.7. The number of quaternary nitrogens is 1. The summed E-state index contributed by atoms with van der Waals surface area (Å²) in [4.78, 5) is 22.9. The Balaban J connectivity index is 4.17. The first kappa shape index (κ1) is 52.2. The van der Waals surface area contributed by atoms with Crippen molar-refractivity contribution in [3.05, 3.63) is 12.2 Å². The lowest BCUT2D eigenvalue weighted by molar-refractivity contribution is -0.870. The van der Waals surface area contributed by atoms with Gasteiger partial charge < -0.3 is 18.9 Å². The van der Waals surface area contributed by atoms with Crippen LogP contribution in [0.5, 0.6) is 0 Å². The molecule has 0 spiro atoms. The van der Waals surface area contributed by atoms with Crippen LogP contribution in [-0.2, 0) is 27.9 Å². The fourth-order valence-electron chi connectivity index (χ4n) is 6.31. The molecule has 0 radical (unpaired) electrons. The SMILES string of the molecule is CCCCC/C=C\CCCCCCCCOCC(COP(=O)(O)OCC[N+](C)(C)C)OC(=O)CCCCCCCCCCCCCCCCCCCC. The number of phosphoric ester groups is 1. The lowest BCUT2D eigenvalue weighted by Crippen LogP contribution is -2.37. The van der Waals surface area contributed by atoms with E-state index in [9.17, 15) is 14.3 Å². The minimum atomic E-state index is -4.27. The fraction of sp³-hybridized carbons (Fsp3) is 0.932. The molecule has 53 heavy (non-hydrogen) atoms. The summed E-state index contributed by atoms with van der Waals surface area (Å²) in [5.74, 6) is -0.312. The molecule has 0 amide bonds. The summed E-state index contributed by atoms with van der Waals surface area (Å²) in [5, 5.41) is 0. The largest absolute Gasteiger partial charge is 0.472 e. The van der Waals surface area contributed by atoms with Crippen LogP contribution >= 0.6 is 7.82 Å². The van der Waals surface area contributed by atoms with Gasteiger partial charge in [0.25, 0.3) is 0 Å². The molecular formula is C44H89NO7P+. The Labute approximate surface area is 329 Å². The second-order valence-corrected chi connectivity index (χ2v) is 17.9. The molecular weight excluding hydrogens is 685 g/mol. The van der Waals surface area contributed by atoms with Crippen molar-refractivity contribution in [3.63, 3.8) is 0 Å². The molecule has 0 fully saturated rings. The van der Waals surface area contributed by atoms with Crippen LogP contribution in [0, 0.1) is 0 Å². The van der Waals surface area contributed by atoms with Crippen molar-refractivity contribution >= 4 is 13.8 Å². The topological polar surface area (TPSA) is 91.3 Å². The zero-order valence-electron chi connectivity index (χ0n) is 35.8. The van der Waals surface area contributed by atoms with E-state index >= 15 is 0 Å². The standard InChI is InChI=1S/C44H88NO7P/c1-6-8-10-12-14-16-18-20-21-22-23-24-25-27-29-31-33-35-37-44(46)52-43(42-51-53(47,48)50-40-38-45(3,4)5)41-49-39-36-34-32-30-28-26-19-17-15-13-11-9-7-2/h15,17,43H,6-14,16,18-42H2,1-5H3/p+1/b17-15-. The quantitative estimate of drug-likeness (QED) is 0.0217. The van der Waals surface area contributed by atoms with Gasteiger partial charge in [-0.2, -0.15) is 0 Å². The number of likely N-dealkylation sites (N-methyl/N-ethyl adjacent to an activating group) is 1. The molecule has 8 nitrogen and oxygen atoms in total. The van der Waals surface area contributed by atoms with E-state index in [1.54, 1.807) is 0 Å². The first-order valence-corrected chi connectivity index (χ1v) is 23.9. The van der Waals surface area contributed by atoms with Crippen molar-refractivity contribution in [2.45, 2.75) is 213 Å². The van der Waals surface area contributed by atoms with Crippen LogP contribution in [0.2, 0.25) is 0 Å². The number of allylic oxidation sites excluding steroid dienone is 2. The number of phosphoric acid groups is 1. The fourth-order valence-corrected chi connectivity index (χ4v) is 7.05. The van der Waals surface area contributed by atoms with Crippen molar-refractivity contribution in [1.82, 2.24) is 0 Å². The number of carbonyl (C=O) groups excluding carboxylic acids is 1. The molecule has 0 heterocycles. The van der Waals surface area contributed by atoms with Crippen LogP contribution in [0.25, 0.3) is 0 Å². The van der Waals surface area contributed by atoms with Crippen LogP contribution in [0.1, 0.15) is 206 Å². The summed E-state index contributed by atoms with van der Waals surface area (Å²) in [5.41, 5.74) is 0. The molecule has 0 aromatic carbocycles. The lowest BCUT2D eigenvalue weighted by atomic mass is 10.0. The number of esters is 1. The Bertz CT molecular complexity index is 863. The van der Waals surface area contributed by atoms with Crippen LogP contribution in [0.3, 0.4) is 0 Å². The molecule has 0 bridgehead atoms. The van der Waals surface area contributed by atoms with E-state index in [0.717, 1.165) is 32.1 Å². The number of carbonyl (C=O) groups is 1. The highest BCUT2D eigenvalue weighted by Gasteiger charge is 2.26. The van der Waals surface area contributed by atoms with Gasteiger partial charge in [0.05, 0.1) is 34.4 Å². The third-order valence-electron chi connectivity index (χ3n) is 9.83. The Kier molecular flexibility index (Phi) is 37.6. The number of hydrogen-bond acceptors (Lipinski definition) is 6. The van der Waals surface area contributed by atoms with Gasteiger partial charge in [-0.05, 0) is 38.5 Å². The van der Waals surface area contributed by atoms with Gasteiger partial charge >= 0.3 is 13.8 Å². The number of rotatable bonds is 42. The van der Waals surface area contributed by atoms with E-state index in [1.165, 1.54) is 154 Å². The second-order valence-electron chi connectivity index (χ2n) is 16.4. The highest BCUT2D eigenvalue weighted by Crippen LogP contribution is 2.43. The summed E-state index contributed by atoms with van der Waals surface area (Å²) in [6, 6.07) is 0. The van der Waals surface area contributed by atoms with Gasteiger partial charge in [-0.3, -0.25) is 13.8 Å². The molecule has 0 saturated heterocycles. The molecule has 2 unspecified atom stereocenters. The third-order valence-corrected chi connectivity index (χ3v) is 10.8. The molecule has 0 aromatic heterocycles. The zero-order chi connectivity index (χ0) is 39.1. The molecule has 0 aliphatic carbocycles. The molecule has 0 rings (SSSR count). The minimum Gasteiger partial charge on any atom is -0.457 e. The van der Waals surface area contributed by atoms with Crippen molar-refractivity contribution in [2.24, 2.45) is 0 Å². The second kappa shape index (κ2) is 38.1. The summed E-state index contributed by atoms with van der Waals surface area (Å²) in [7, 11) is 1.67. The summed E-state index contributed by atoms with van der Waals surface area (Å²) >= 11 is 0. The normalized spacial score (nSPS) is 13.8. The van der Waals surface area contributed by atoms with E-state index in [2.05, 4.69) is 26.0 Å². The first-order chi connectivity index (χ1) is 25.6. The van der Waals surface area contributed by atoms with Crippen LogP contribution in [0.15, 0.2) is 12.2 Å².